The van der Waals surface area contributed by atoms with Crippen LogP contribution in [0.5, 0.6) is 0 Å². The van der Waals surface area contributed by atoms with Gasteiger partial charge in [-0.2, -0.15) is 0 Å². The van der Waals surface area contributed by atoms with Gasteiger partial charge in [-0.25, -0.2) is 0 Å². The van der Waals surface area contributed by atoms with Crippen molar-refractivity contribution >= 4 is 33.4 Å². The van der Waals surface area contributed by atoms with Crippen molar-refractivity contribution in [3.05, 3.63) is 22.7 Å². The van der Waals surface area contributed by atoms with Crippen molar-refractivity contribution in [3.63, 3.8) is 0 Å². The van der Waals surface area contributed by atoms with Gasteiger partial charge in [-0.15, -0.1) is 11.8 Å². The number of anilines is 1. The van der Waals surface area contributed by atoms with Gasteiger partial charge in [-0.1, -0.05) is 29.8 Å². The lowest BCUT2D eigenvalue weighted by molar-refractivity contribution is -0.0191. The predicted molar refractivity (Wildman–Crippen MR) is 90.3 cm³/mol. The molecule has 0 saturated carbocycles. The van der Waals surface area contributed by atoms with Gasteiger partial charge in [0.2, 0.25) is 0 Å². The van der Waals surface area contributed by atoms with Gasteiger partial charge in [0.05, 0.1) is 12.7 Å². The van der Waals surface area contributed by atoms with Crippen LogP contribution in [0.25, 0.3) is 0 Å². The molecule has 1 saturated heterocycles. The number of hydrogen-bond acceptors (Lipinski definition) is 4. The predicted octanol–water partition coefficient (Wildman–Crippen LogP) is 3.48. The molecule has 1 atom stereocenters. The highest BCUT2D eigenvalue weighted by atomic mass is 79.9. The SMILES string of the molecule is CC(C)CN1CCOC(CSc2ccc(Br)cc2N)C1. The zero-order valence-corrected chi connectivity index (χ0v) is 14.5. The van der Waals surface area contributed by atoms with Gasteiger partial charge in [0.25, 0.3) is 0 Å². The second kappa shape index (κ2) is 7.69. The van der Waals surface area contributed by atoms with Gasteiger partial charge in [-0.05, 0) is 24.1 Å². The number of morpholine rings is 1. The smallest absolute Gasteiger partial charge is 0.0796 e. The Balaban J connectivity index is 1.84. The largest absolute Gasteiger partial charge is 0.398 e. The minimum atomic E-state index is 0.301. The van der Waals surface area contributed by atoms with Crippen LogP contribution in [-0.4, -0.2) is 43.0 Å². The minimum absolute atomic E-state index is 0.301. The first-order valence-electron chi connectivity index (χ1n) is 7.06. The van der Waals surface area contributed by atoms with Gasteiger partial charge in [0.15, 0.2) is 0 Å². The van der Waals surface area contributed by atoms with Crippen molar-refractivity contribution in [2.75, 3.05) is 37.7 Å². The normalized spacial score (nSPS) is 20.5. The van der Waals surface area contributed by atoms with Crippen LogP contribution < -0.4 is 5.73 Å². The summed E-state index contributed by atoms with van der Waals surface area (Å²) in [4.78, 5) is 3.64. The average molecular weight is 359 g/mol. The summed E-state index contributed by atoms with van der Waals surface area (Å²) in [7, 11) is 0. The molecule has 0 bridgehead atoms. The summed E-state index contributed by atoms with van der Waals surface area (Å²) >= 11 is 5.22. The van der Waals surface area contributed by atoms with E-state index in [4.69, 9.17) is 10.5 Å². The fourth-order valence-electron chi connectivity index (χ4n) is 2.40. The van der Waals surface area contributed by atoms with Crippen LogP contribution in [-0.2, 0) is 4.74 Å². The van der Waals surface area contributed by atoms with E-state index in [0.29, 0.717) is 12.0 Å². The molecule has 2 N–H and O–H groups in total. The molecule has 2 rings (SSSR count). The highest BCUT2D eigenvalue weighted by Crippen LogP contribution is 2.29. The zero-order valence-electron chi connectivity index (χ0n) is 12.1. The van der Waals surface area contributed by atoms with Gasteiger partial charge in [0.1, 0.15) is 0 Å². The van der Waals surface area contributed by atoms with Crippen LogP contribution in [0.1, 0.15) is 13.8 Å². The Bertz CT molecular complexity index is 442. The summed E-state index contributed by atoms with van der Waals surface area (Å²) < 4.78 is 6.89. The van der Waals surface area contributed by atoms with Crippen molar-refractivity contribution in [1.82, 2.24) is 4.90 Å². The quantitative estimate of drug-likeness (QED) is 0.645. The number of rotatable bonds is 5. The van der Waals surface area contributed by atoms with E-state index in [0.717, 1.165) is 47.0 Å². The Morgan fingerprint density at radius 1 is 1.50 bits per heavy atom. The molecule has 1 unspecified atom stereocenters. The van der Waals surface area contributed by atoms with Crippen molar-refractivity contribution in [1.29, 1.82) is 0 Å². The molecule has 1 aliphatic rings. The Morgan fingerprint density at radius 3 is 3.00 bits per heavy atom. The molecule has 5 heteroatoms. The van der Waals surface area contributed by atoms with Gasteiger partial charge < -0.3 is 10.5 Å². The Hall–Kier alpha value is -0.230. The van der Waals surface area contributed by atoms with E-state index in [1.165, 1.54) is 0 Å². The van der Waals surface area contributed by atoms with E-state index >= 15 is 0 Å². The number of nitrogens with two attached hydrogens (primary N) is 1. The van der Waals surface area contributed by atoms with E-state index in [-0.39, 0.29) is 0 Å². The maximum absolute atomic E-state index is 6.03. The van der Waals surface area contributed by atoms with Crippen molar-refractivity contribution < 1.29 is 4.74 Å². The maximum atomic E-state index is 6.03. The van der Waals surface area contributed by atoms with Crippen LogP contribution in [0.15, 0.2) is 27.6 Å². The highest BCUT2D eigenvalue weighted by Gasteiger charge is 2.21. The Morgan fingerprint density at radius 2 is 2.30 bits per heavy atom. The minimum Gasteiger partial charge on any atom is -0.398 e. The number of hydrogen-bond donors (Lipinski definition) is 1. The first kappa shape index (κ1) is 16.1. The lowest BCUT2D eigenvalue weighted by Gasteiger charge is -2.33. The molecule has 1 aromatic carbocycles. The summed E-state index contributed by atoms with van der Waals surface area (Å²) in [5.74, 6) is 1.67. The molecular weight excluding hydrogens is 336 g/mol. The van der Waals surface area contributed by atoms with Gasteiger partial charge in [0, 0.05) is 40.4 Å². The standard InChI is InChI=1S/C15H23BrN2OS/c1-11(2)8-18-5-6-19-13(9-18)10-20-15-4-3-12(16)7-14(15)17/h3-4,7,11,13H,5-6,8-10,17H2,1-2H3. The molecule has 0 spiro atoms. The van der Waals surface area contributed by atoms with E-state index in [1.54, 1.807) is 11.8 Å². The number of thioether (sulfide) groups is 1. The van der Waals surface area contributed by atoms with Crippen LogP contribution in [0.4, 0.5) is 5.69 Å². The van der Waals surface area contributed by atoms with Crippen molar-refractivity contribution in [2.45, 2.75) is 24.8 Å². The second-order valence-corrected chi connectivity index (χ2v) is 7.62. The van der Waals surface area contributed by atoms with Crippen LogP contribution in [0, 0.1) is 5.92 Å². The number of ether oxygens (including phenoxy) is 1. The molecule has 0 aliphatic carbocycles. The van der Waals surface area contributed by atoms with E-state index < -0.39 is 0 Å². The molecule has 1 heterocycles. The van der Waals surface area contributed by atoms with E-state index in [2.05, 4.69) is 40.7 Å². The third-order valence-corrected chi connectivity index (χ3v) is 4.96. The Labute approximate surface area is 134 Å². The number of benzene rings is 1. The molecule has 0 aromatic heterocycles. The molecule has 0 amide bonds. The monoisotopic (exact) mass is 358 g/mol. The molecule has 1 fully saturated rings. The second-order valence-electron chi connectivity index (χ2n) is 5.64. The summed E-state index contributed by atoms with van der Waals surface area (Å²) in [6.45, 7) is 8.61. The van der Waals surface area contributed by atoms with E-state index in [1.807, 2.05) is 12.1 Å². The topological polar surface area (TPSA) is 38.5 Å². The van der Waals surface area contributed by atoms with Crippen LogP contribution in [0.3, 0.4) is 0 Å². The van der Waals surface area contributed by atoms with Crippen molar-refractivity contribution in [3.8, 4) is 0 Å². The van der Waals surface area contributed by atoms with Gasteiger partial charge >= 0.3 is 0 Å². The number of nitrogens with zero attached hydrogens (tertiary/aromatic N) is 1. The lowest BCUT2D eigenvalue weighted by atomic mass is 10.2. The van der Waals surface area contributed by atoms with Crippen LogP contribution >= 0.6 is 27.7 Å². The summed E-state index contributed by atoms with van der Waals surface area (Å²) in [6, 6.07) is 6.05. The Kier molecular flexibility index (Phi) is 6.20. The third kappa shape index (κ3) is 4.95. The summed E-state index contributed by atoms with van der Waals surface area (Å²) in [5.41, 5.74) is 6.86. The summed E-state index contributed by atoms with van der Waals surface area (Å²) in [6.07, 6.45) is 0.301. The molecule has 1 aromatic rings. The molecule has 1 aliphatic heterocycles. The molecule has 0 radical (unpaired) electrons. The maximum Gasteiger partial charge on any atom is 0.0796 e. The molecule has 112 valence electrons. The number of nitrogen functional groups attached to an aromatic ring is 1. The van der Waals surface area contributed by atoms with Crippen LogP contribution in [0.2, 0.25) is 0 Å². The first-order valence-corrected chi connectivity index (χ1v) is 8.84. The average Bonchev–Trinajstić information content (AvgIpc) is 2.37. The third-order valence-electron chi connectivity index (χ3n) is 3.24. The lowest BCUT2D eigenvalue weighted by Crippen LogP contribution is -2.44. The van der Waals surface area contributed by atoms with Gasteiger partial charge in [-0.3, -0.25) is 4.90 Å². The molecule has 20 heavy (non-hydrogen) atoms. The zero-order chi connectivity index (χ0) is 14.5. The fourth-order valence-corrected chi connectivity index (χ4v) is 3.73. The number of halogens is 1. The molecule has 3 nitrogen and oxygen atoms in total. The molecular formula is C15H23BrN2OS. The summed E-state index contributed by atoms with van der Waals surface area (Å²) in [5, 5.41) is 0. The first-order chi connectivity index (χ1) is 9.54. The highest BCUT2D eigenvalue weighted by molar-refractivity contribution is 9.10. The fraction of sp³-hybridized carbons (Fsp3) is 0.600. The van der Waals surface area contributed by atoms with Crippen molar-refractivity contribution in [2.24, 2.45) is 5.92 Å². The van der Waals surface area contributed by atoms with E-state index in [9.17, 15) is 0 Å².